The van der Waals surface area contributed by atoms with Crippen LogP contribution in [0.1, 0.15) is 51.0 Å². The van der Waals surface area contributed by atoms with Gasteiger partial charge in [-0.05, 0) is 36.8 Å². The maximum Gasteiger partial charge on any atom is 0.0208 e. The standard InChI is InChI=1S/C18H27N/c1-15(17-10-8-5-9-11-17)14-19-16(2)18-12-6-3-4-7-13-18/h5,8-11,16,18-19H,1,3-4,6-7,12-14H2,2H3/t16-/m1/s1. The molecule has 0 amide bonds. The van der Waals surface area contributed by atoms with E-state index in [2.05, 4.69) is 49.2 Å². The third-order valence-corrected chi connectivity index (χ3v) is 4.43. The first-order chi connectivity index (χ1) is 9.27. The van der Waals surface area contributed by atoms with Gasteiger partial charge in [0, 0.05) is 12.6 Å². The zero-order valence-electron chi connectivity index (χ0n) is 12.2. The molecule has 1 nitrogen and oxygen atoms in total. The molecule has 0 radical (unpaired) electrons. The largest absolute Gasteiger partial charge is 0.310 e. The maximum atomic E-state index is 4.20. The Bertz CT molecular complexity index is 374. The third kappa shape index (κ3) is 4.50. The van der Waals surface area contributed by atoms with Gasteiger partial charge in [-0.15, -0.1) is 0 Å². The average molecular weight is 257 g/mol. The molecule has 1 heteroatoms. The normalized spacial score (nSPS) is 18.8. The van der Waals surface area contributed by atoms with Gasteiger partial charge in [-0.2, -0.15) is 0 Å². The molecule has 2 rings (SSSR count). The van der Waals surface area contributed by atoms with Crippen LogP contribution < -0.4 is 5.32 Å². The van der Waals surface area contributed by atoms with Crippen molar-refractivity contribution in [2.45, 2.75) is 51.5 Å². The van der Waals surface area contributed by atoms with E-state index in [0.717, 1.165) is 12.5 Å². The van der Waals surface area contributed by atoms with Crippen molar-refractivity contribution in [1.29, 1.82) is 0 Å². The number of hydrogen-bond donors (Lipinski definition) is 1. The summed E-state index contributed by atoms with van der Waals surface area (Å²) < 4.78 is 0. The number of hydrogen-bond acceptors (Lipinski definition) is 1. The molecule has 1 aromatic rings. The summed E-state index contributed by atoms with van der Waals surface area (Å²) in [6.45, 7) is 7.44. The van der Waals surface area contributed by atoms with Crippen molar-refractivity contribution in [2.75, 3.05) is 6.54 Å². The van der Waals surface area contributed by atoms with Crippen LogP contribution in [0, 0.1) is 5.92 Å². The van der Waals surface area contributed by atoms with E-state index in [1.165, 1.54) is 49.7 Å². The molecule has 1 aliphatic carbocycles. The highest BCUT2D eigenvalue weighted by Gasteiger charge is 2.18. The molecule has 19 heavy (non-hydrogen) atoms. The van der Waals surface area contributed by atoms with Crippen LogP contribution in [-0.4, -0.2) is 12.6 Å². The highest BCUT2D eigenvalue weighted by Crippen LogP contribution is 2.25. The summed E-state index contributed by atoms with van der Waals surface area (Å²) in [6.07, 6.45) is 8.48. The second-order valence-corrected chi connectivity index (χ2v) is 5.89. The van der Waals surface area contributed by atoms with E-state index in [1.54, 1.807) is 0 Å². The molecule has 1 saturated carbocycles. The van der Waals surface area contributed by atoms with Crippen molar-refractivity contribution in [1.82, 2.24) is 5.32 Å². The molecule has 1 aromatic carbocycles. The SMILES string of the molecule is C=C(CN[C@H](C)C1CCCCCC1)c1ccccc1. The highest BCUT2D eigenvalue weighted by molar-refractivity contribution is 5.64. The Kier molecular flexibility index (Phi) is 5.65. The third-order valence-electron chi connectivity index (χ3n) is 4.43. The molecule has 1 aliphatic rings. The number of nitrogens with one attached hydrogen (secondary N) is 1. The van der Waals surface area contributed by atoms with Crippen LogP contribution in [-0.2, 0) is 0 Å². The maximum absolute atomic E-state index is 4.20. The fraction of sp³-hybridized carbons (Fsp3) is 0.556. The molecule has 0 bridgehead atoms. The van der Waals surface area contributed by atoms with E-state index in [4.69, 9.17) is 0 Å². The second-order valence-electron chi connectivity index (χ2n) is 5.89. The Balaban J connectivity index is 1.79. The second kappa shape index (κ2) is 7.49. The molecule has 0 aliphatic heterocycles. The Hall–Kier alpha value is -1.08. The smallest absolute Gasteiger partial charge is 0.0208 e. The van der Waals surface area contributed by atoms with Gasteiger partial charge in [-0.3, -0.25) is 0 Å². The fourth-order valence-electron chi connectivity index (χ4n) is 3.04. The predicted octanol–water partition coefficient (Wildman–Crippen LogP) is 4.65. The number of benzene rings is 1. The van der Waals surface area contributed by atoms with Crippen LogP contribution in [0.3, 0.4) is 0 Å². The lowest BCUT2D eigenvalue weighted by Crippen LogP contribution is -2.34. The molecule has 104 valence electrons. The summed E-state index contributed by atoms with van der Waals surface area (Å²) in [6, 6.07) is 11.1. The molecule has 1 fully saturated rings. The molecule has 0 spiro atoms. The Morgan fingerprint density at radius 2 is 1.79 bits per heavy atom. The molecule has 1 N–H and O–H groups in total. The van der Waals surface area contributed by atoms with Gasteiger partial charge < -0.3 is 5.32 Å². The van der Waals surface area contributed by atoms with Gasteiger partial charge >= 0.3 is 0 Å². The molecule has 1 atom stereocenters. The van der Waals surface area contributed by atoms with Crippen LogP contribution in [0.5, 0.6) is 0 Å². The minimum absolute atomic E-state index is 0.610. The van der Waals surface area contributed by atoms with E-state index < -0.39 is 0 Å². The number of rotatable bonds is 5. The zero-order valence-corrected chi connectivity index (χ0v) is 12.2. The zero-order chi connectivity index (χ0) is 13.5. The summed E-state index contributed by atoms with van der Waals surface area (Å²) in [5.41, 5.74) is 2.45. The molecule has 0 aromatic heterocycles. The van der Waals surface area contributed by atoms with Gasteiger partial charge in [0.25, 0.3) is 0 Å². The fourth-order valence-corrected chi connectivity index (χ4v) is 3.04. The topological polar surface area (TPSA) is 12.0 Å². The van der Waals surface area contributed by atoms with Crippen molar-refractivity contribution in [3.63, 3.8) is 0 Å². The van der Waals surface area contributed by atoms with Crippen LogP contribution >= 0.6 is 0 Å². The van der Waals surface area contributed by atoms with E-state index in [-0.39, 0.29) is 0 Å². The van der Waals surface area contributed by atoms with E-state index >= 15 is 0 Å². The van der Waals surface area contributed by atoms with Crippen molar-refractivity contribution in [3.8, 4) is 0 Å². The van der Waals surface area contributed by atoms with Gasteiger partial charge in [-0.1, -0.05) is 62.6 Å². The van der Waals surface area contributed by atoms with Crippen LogP contribution in [0.25, 0.3) is 5.57 Å². The van der Waals surface area contributed by atoms with Gasteiger partial charge in [0.1, 0.15) is 0 Å². The Labute approximate surface area is 118 Å². The first-order valence-corrected chi connectivity index (χ1v) is 7.74. The monoisotopic (exact) mass is 257 g/mol. The van der Waals surface area contributed by atoms with E-state index in [0.29, 0.717) is 6.04 Å². The summed E-state index contributed by atoms with van der Waals surface area (Å²) >= 11 is 0. The summed E-state index contributed by atoms with van der Waals surface area (Å²) in [5.74, 6) is 0.853. The van der Waals surface area contributed by atoms with Crippen LogP contribution in [0.15, 0.2) is 36.9 Å². The average Bonchev–Trinajstić information content (AvgIpc) is 2.74. The summed E-state index contributed by atoms with van der Waals surface area (Å²) in [4.78, 5) is 0. The first kappa shape index (κ1) is 14.3. The molecule has 0 saturated heterocycles. The quantitative estimate of drug-likeness (QED) is 0.757. The molecular formula is C18H27N. The predicted molar refractivity (Wildman–Crippen MR) is 84.1 cm³/mol. The summed E-state index contributed by atoms with van der Waals surface area (Å²) in [5, 5.41) is 3.68. The summed E-state index contributed by atoms with van der Waals surface area (Å²) in [7, 11) is 0. The van der Waals surface area contributed by atoms with E-state index in [1.807, 2.05) is 0 Å². The highest BCUT2D eigenvalue weighted by atomic mass is 14.9. The molecule has 0 heterocycles. The Morgan fingerprint density at radius 1 is 1.16 bits per heavy atom. The van der Waals surface area contributed by atoms with Crippen molar-refractivity contribution < 1.29 is 0 Å². The minimum atomic E-state index is 0.610. The first-order valence-electron chi connectivity index (χ1n) is 7.74. The molecule has 0 unspecified atom stereocenters. The lowest BCUT2D eigenvalue weighted by molar-refractivity contribution is 0.348. The van der Waals surface area contributed by atoms with Crippen molar-refractivity contribution in [3.05, 3.63) is 42.5 Å². The van der Waals surface area contributed by atoms with Gasteiger partial charge in [0.05, 0.1) is 0 Å². The van der Waals surface area contributed by atoms with Crippen molar-refractivity contribution in [2.24, 2.45) is 5.92 Å². The minimum Gasteiger partial charge on any atom is -0.310 e. The lowest BCUT2D eigenvalue weighted by Gasteiger charge is -2.24. The lowest BCUT2D eigenvalue weighted by atomic mass is 9.92. The van der Waals surface area contributed by atoms with Gasteiger partial charge in [0.15, 0.2) is 0 Å². The van der Waals surface area contributed by atoms with Crippen molar-refractivity contribution >= 4 is 5.57 Å². The van der Waals surface area contributed by atoms with Crippen LogP contribution in [0.2, 0.25) is 0 Å². The molecular weight excluding hydrogens is 230 g/mol. The van der Waals surface area contributed by atoms with Gasteiger partial charge in [0.2, 0.25) is 0 Å². The Morgan fingerprint density at radius 3 is 2.42 bits per heavy atom. The van der Waals surface area contributed by atoms with Gasteiger partial charge in [-0.25, -0.2) is 0 Å². The van der Waals surface area contributed by atoms with Crippen LogP contribution in [0.4, 0.5) is 0 Å². The van der Waals surface area contributed by atoms with E-state index in [9.17, 15) is 0 Å².